The smallest absolute Gasteiger partial charge is 0.0109 e. The van der Waals surface area contributed by atoms with Gasteiger partial charge in [0.25, 0.3) is 0 Å². The molecule has 1 heteroatoms. The lowest BCUT2D eigenvalue weighted by molar-refractivity contribution is 1.07. The number of nitrogens with two attached hydrogens (primary N) is 1. The molecule has 0 radical (unpaired) electrons. The fourth-order valence-electron chi connectivity index (χ4n) is 0.346. The van der Waals surface area contributed by atoms with E-state index in [9.17, 15) is 0 Å². The van der Waals surface area contributed by atoms with Gasteiger partial charge in [0.05, 0.1) is 0 Å². The second-order valence-corrected chi connectivity index (χ2v) is 1.64. The van der Waals surface area contributed by atoms with Gasteiger partial charge in [0.15, 0.2) is 0 Å². The van der Waals surface area contributed by atoms with Crippen molar-refractivity contribution in [3.8, 4) is 0 Å². The number of hydrogen-bond acceptors (Lipinski definition) is 1. The van der Waals surface area contributed by atoms with E-state index in [0.29, 0.717) is 6.54 Å². The molecular formula is C6H13N. The van der Waals surface area contributed by atoms with Crippen LogP contribution in [-0.4, -0.2) is 6.54 Å². The average Bonchev–Trinajstić information content (AvgIpc) is 1.68. The molecule has 0 unspecified atom stereocenters. The summed E-state index contributed by atoms with van der Waals surface area (Å²) in [5, 5.41) is 0. The maximum Gasteiger partial charge on any atom is 0.0109 e. The van der Waals surface area contributed by atoms with Crippen LogP contribution in [0.3, 0.4) is 0 Å². The van der Waals surface area contributed by atoms with E-state index in [1.807, 2.05) is 6.08 Å². The van der Waals surface area contributed by atoms with Crippen molar-refractivity contribution in [2.45, 2.75) is 20.3 Å². The van der Waals surface area contributed by atoms with Gasteiger partial charge < -0.3 is 5.73 Å². The summed E-state index contributed by atoms with van der Waals surface area (Å²) in [7, 11) is 0. The van der Waals surface area contributed by atoms with Crippen molar-refractivity contribution in [2.24, 2.45) is 5.73 Å². The summed E-state index contributed by atoms with van der Waals surface area (Å²) in [5.41, 5.74) is 6.61. The van der Waals surface area contributed by atoms with Gasteiger partial charge in [-0.05, 0) is 13.3 Å². The van der Waals surface area contributed by atoms with Crippen molar-refractivity contribution in [1.29, 1.82) is 0 Å². The summed E-state index contributed by atoms with van der Waals surface area (Å²) >= 11 is 0. The maximum absolute atomic E-state index is 5.23. The highest BCUT2D eigenvalue weighted by Gasteiger charge is 1.76. The second-order valence-electron chi connectivity index (χ2n) is 1.64. The minimum absolute atomic E-state index is 0.680. The molecule has 0 bridgehead atoms. The SMILES string of the molecule is CC/C(C)=C/CN. The molecule has 0 aliphatic heterocycles. The first-order valence-electron chi connectivity index (χ1n) is 2.67. The molecule has 1 nitrogen and oxygen atoms in total. The van der Waals surface area contributed by atoms with Gasteiger partial charge in [0.1, 0.15) is 0 Å². The maximum atomic E-state index is 5.23. The topological polar surface area (TPSA) is 26.0 Å². The van der Waals surface area contributed by atoms with Crippen LogP contribution in [0.5, 0.6) is 0 Å². The quantitative estimate of drug-likeness (QED) is 0.519. The number of rotatable bonds is 2. The van der Waals surface area contributed by atoms with Crippen molar-refractivity contribution in [2.75, 3.05) is 6.54 Å². The Hall–Kier alpha value is -0.300. The first kappa shape index (κ1) is 6.70. The monoisotopic (exact) mass is 99.1 g/mol. The van der Waals surface area contributed by atoms with Crippen LogP contribution in [0.1, 0.15) is 20.3 Å². The Labute approximate surface area is 45.2 Å². The summed E-state index contributed by atoms with van der Waals surface area (Å²) in [4.78, 5) is 0. The fraction of sp³-hybridized carbons (Fsp3) is 0.667. The molecule has 0 fully saturated rings. The zero-order chi connectivity index (χ0) is 5.70. The van der Waals surface area contributed by atoms with Crippen LogP contribution in [0.15, 0.2) is 11.6 Å². The van der Waals surface area contributed by atoms with Gasteiger partial charge in [0.2, 0.25) is 0 Å². The molecule has 0 atom stereocenters. The van der Waals surface area contributed by atoms with E-state index in [0.717, 1.165) is 6.42 Å². The Kier molecular flexibility index (Phi) is 3.71. The summed E-state index contributed by atoms with van der Waals surface area (Å²) in [6.07, 6.45) is 3.16. The standard InChI is InChI=1S/C6H13N/c1-3-6(2)4-5-7/h4H,3,5,7H2,1-2H3/b6-4+. The summed E-state index contributed by atoms with van der Waals surface area (Å²) in [5.74, 6) is 0. The zero-order valence-corrected chi connectivity index (χ0v) is 5.07. The molecule has 0 aromatic carbocycles. The van der Waals surface area contributed by atoms with Gasteiger partial charge in [-0.15, -0.1) is 0 Å². The predicted octanol–water partition coefficient (Wildman–Crippen LogP) is 1.30. The molecule has 0 aliphatic carbocycles. The lowest BCUT2D eigenvalue weighted by Crippen LogP contribution is -1.93. The van der Waals surface area contributed by atoms with Crippen molar-refractivity contribution >= 4 is 0 Å². The molecule has 0 aromatic rings. The van der Waals surface area contributed by atoms with Crippen LogP contribution in [0.4, 0.5) is 0 Å². The lowest BCUT2D eigenvalue weighted by atomic mass is 10.2. The van der Waals surface area contributed by atoms with Gasteiger partial charge in [-0.25, -0.2) is 0 Å². The van der Waals surface area contributed by atoms with Gasteiger partial charge in [-0.1, -0.05) is 18.6 Å². The summed E-state index contributed by atoms with van der Waals surface area (Å²) < 4.78 is 0. The van der Waals surface area contributed by atoms with Crippen molar-refractivity contribution in [3.63, 3.8) is 0 Å². The molecule has 0 saturated heterocycles. The van der Waals surface area contributed by atoms with Crippen LogP contribution in [0.2, 0.25) is 0 Å². The van der Waals surface area contributed by atoms with E-state index in [1.165, 1.54) is 5.57 Å². The predicted molar refractivity (Wildman–Crippen MR) is 33.1 cm³/mol. The van der Waals surface area contributed by atoms with Crippen LogP contribution in [0.25, 0.3) is 0 Å². The van der Waals surface area contributed by atoms with E-state index < -0.39 is 0 Å². The van der Waals surface area contributed by atoms with E-state index >= 15 is 0 Å². The summed E-state index contributed by atoms with van der Waals surface area (Å²) in [6.45, 7) is 4.90. The third-order valence-corrected chi connectivity index (χ3v) is 1.02. The Morgan fingerprint density at radius 2 is 2.29 bits per heavy atom. The Morgan fingerprint density at radius 3 is 2.43 bits per heavy atom. The van der Waals surface area contributed by atoms with Crippen molar-refractivity contribution in [3.05, 3.63) is 11.6 Å². The Bertz CT molecular complexity index is 64.6. The first-order valence-corrected chi connectivity index (χ1v) is 2.67. The molecule has 0 saturated carbocycles. The Balaban J connectivity index is 3.29. The third-order valence-electron chi connectivity index (χ3n) is 1.02. The van der Waals surface area contributed by atoms with E-state index in [-0.39, 0.29) is 0 Å². The third kappa shape index (κ3) is 3.53. The molecule has 0 aliphatic rings. The minimum Gasteiger partial charge on any atom is -0.327 e. The second kappa shape index (κ2) is 3.88. The number of allylic oxidation sites excluding steroid dienone is 1. The molecule has 7 heavy (non-hydrogen) atoms. The summed E-state index contributed by atoms with van der Waals surface area (Å²) in [6, 6.07) is 0. The lowest BCUT2D eigenvalue weighted by Gasteiger charge is -1.88. The van der Waals surface area contributed by atoms with E-state index in [4.69, 9.17) is 5.73 Å². The molecule has 0 heterocycles. The van der Waals surface area contributed by atoms with Gasteiger partial charge in [-0.3, -0.25) is 0 Å². The largest absolute Gasteiger partial charge is 0.327 e. The van der Waals surface area contributed by atoms with Crippen LogP contribution in [0, 0.1) is 0 Å². The molecule has 0 aromatic heterocycles. The van der Waals surface area contributed by atoms with E-state index in [1.54, 1.807) is 0 Å². The Morgan fingerprint density at radius 1 is 1.71 bits per heavy atom. The molecule has 0 rings (SSSR count). The van der Waals surface area contributed by atoms with Crippen molar-refractivity contribution in [1.82, 2.24) is 0 Å². The van der Waals surface area contributed by atoms with Crippen LogP contribution < -0.4 is 5.73 Å². The highest BCUT2D eigenvalue weighted by Crippen LogP contribution is 1.94. The zero-order valence-electron chi connectivity index (χ0n) is 5.07. The first-order chi connectivity index (χ1) is 3.31. The average molecular weight is 99.2 g/mol. The fourth-order valence-corrected chi connectivity index (χ4v) is 0.346. The molecular weight excluding hydrogens is 86.1 g/mol. The molecule has 0 spiro atoms. The molecule has 2 N–H and O–H groups in total. The highest BCUT2D eigenvalue weighted by atomic mass is 14.5. The van der Waals surface area contributed by atoms with Gasteiger partial charge in [-0.2, -0.15) is 0 Å². The van der Waals surface area contributed by atoms with Crippen molar-refractivity contribution < 1.29 is 0 Å². The normalized spacial score (nSPS) is 12.1. The van der Waals surface area contributed by atoms with Crippen LogP contribution in [-0.2, 0) is 0 Å². The highest BCUT2D eigenvalue weighted by molar-refractivity contribution is 4.96. The van der Waals surface area contributed by atoms with Gasteiger partial charge in [0, 0.05) is 6.54 Å². The van der Waals surface area contributed by atoms with Crippen LogP contribution >= 0.6 is 0 Å². The van der Waals surface area contributed by atoms with Gasteiger partial charge >= 0.3 is 0 Å². The number of hydrogen-bond donors (Lipinski definition) is 1. The van der Waals surface area contributed by atoms with E-state index in [2.05, 4.69) is 13.8 Å². The minimum atomic E-state index is 0.680. The molecule has 0 amide bonds. The molecule has 42 valence electrons.